The first-order valence-corrected chi connectivity index (χ1v) is 10.4. The highest BCUT2D eigenvalue weighted by molar-refractivity contribution is 7.71. The molecule has 1 aliphatic rings. The van der Waals surface area contributed by atoms with Gasteiger partial charge in [0.25, 0.3) is 4.84 Å². The molecule has 9 heteroatoms. The van der Waals surface area contributed by atoms with Crippen LogP contribution in [0.5, 0.6) is 0 Å². The number of hydrogen-bond donors (Lipinski definition) is 1. The Balaban J connectivity index is 1.42. The van der Waals surface area contributed by atoms with Crippen LogP contribution in [0.15, 0.2) is 40.3 Å². The van der Waals surface area contributed by atoms with Crippen molar-refractivity contribution >= 4 is 34.6 Å². The van der Waals surface area contributed by atoms with Crippen molar-refractivity contribution in [1.29, 1.82) is 0 Å². The number of nitrogens with zero attached hydrogens (tertiary/aromatic N) is 4. The average Bonchev–Trinajstić information content (AvgIpc) is 3.33. The summed E-state index contributed by atoms with van der Waals surface area (Å²) in [6.07, 6.45) is 3.50. The number of benzene rings is 1. The Hall–Kier alpha value is -2.36. The molecule has 0 saturated carbocycles. The van der Waals surface area contributed by atoms with Crippen LogP contribution in [-0.2, 0) is 11.5 Å². The first-order valence-electron chi connectivity index (χ1n) is 9.16. The van der Waals surface area contributed by atoms with E-state index in [1.807, 2.05) is 36.6 Å². The van der Waals surface area contributed by atoms with E-state index < -0.39 is 0 Å². The topological polar surface area (TPSA) is 76.2 Å². The minimum absolute atomic E-state index is 0.0174. The maximum absolute atomic E-state index is 12.5. The Morgan fingerprint density at radius 3 is 2.96 bits per heavy atom. The monoisotopic (exact) mass is 415 g/mol. The van der Waals surface area contributed by atoms with Gasteiger partial charge in [0.05, 0.1) is 12.6 Å². The molecule has 1 aromatic carbocycles. The van der Waals surface area contributed by atoms with Crippen LogP contribution in [0.4, 0.5) is 5.13 Å². The van der Waals surface area contributed by atoms with Gasteiger partial charge in [-0.25, -0.2) is 9.67 Å². The summed E-state index contributed by atoms with van der Waals surface area (Å²) in [5.74, 6) is 0.458. The van der Waals surface area contributed by atoms with E-state index in [9.17, 15) is 4.79 Å². The van der Waals surface area contributed by atoms with E-state index in [1.54, 1.807) is 10.9 Å². The highest BCUT2D eigenvalue weighted by Gasteiger charge is 2.27. The van der Waals surface area contributed by atoms with E-state index in [0.29, 0.717) is 29.1 Å². The highest BCUT2D eigenvalue weighted by Crippen LogP contribution is 2.22. The van der Waals surface area contributed by atoms with E-state index in [2.05, 4.69) is 20.3 Å². The number of aryl methyl sites for hydroxylation is 1. The maximum Gasteiger partial charge on any atom is 0.288 e. The Morgan fingerprint density at radius 2 is 2.21 bits per heavy atom. The number of rotatable bonds is 5. The van der Waals surface area contributed by atoms with E-state index >= 15 is 0 Å². The van der Waals surface area contributed by atoms with E-state index in [1.165, 1.54) is 16.9 Å². The predicted molar refractivity (Wildman–Crippen MR) is 111 cm³/mol. The SMILES string of the molecule is Cc1ccc(-c2nn(CN3CCC[C@H](C(=O)Nc4nccs4)C3)c(=S)o2)cc1. The first kappa shape index (κ1) is 19.0. The number of anilines is 1. The average molecular weight is 416 g/mol. The summed E-state index contributed by atoms with van der Waals surface area (Å²) in [7, 11) is 0. The van der Waals surface area contributed by atoms with Gasteiger partial charge in [-0.1, -0.05) is 17.7 Å². The predicted octanol–water partition coefficient (Wildman–Crippen LogP) is 3.95. The van der Waals surface area contributed by atoms with Crippen molar-refractivity contribution < 1.29 is 9.21 Å². The molecule has 3 aromatic rings. The molecule has 4 rings (SSSR count). The number of hydrogen-bond acceptors (Lipinski definition) is 7. The number of aromatic nitrogens is 3. The molecule has 1 fully saturated rings. The molecule has 2 aromatic heterocycles. The van der Waals surface area contributed by atoms with Gasteiger partial charge >= 0.3 is 0 Å². The van der Waals surface area contributed by atoms with Crippen LogP contribution in [0, 0.1) is 17.7 Å². The van der Waals surface area contributed by atoms with Crippen molar-refractivity contribution in [2.24, 2.45) is 5.92 Å². The molecule has 1 saturated heterocycles. The quantitative estimate of drug-likeness (QED) is 0.636. The van der Waals surface area contributed by atoms with Gasteiger partial charge in [0.15, 0.2) is 5.13 Å². The lowest BCUT2D eigenvalue weighted by Crippen LogP contribution is -2.41. The van der Waals surface area contributed by atoms with E-state index in [0.717, 1.165) is 24.9 Å². The van der Waals surface area contributed by atoms with Gasteiger partial charge in [0.1, 0.15) is 0 Å². The lowest BCUT2D eigenvalue weighted by atomic mass is 9.97. The summed E-state index contributed by atoms with van der Waals surface area (Å²) in [5.41, 5.74) is 2.08. The van der Waals surface area contributed by atoms with Crippen LogP contribution < -0.4 is 5.32 Å². The van der Waals surface area contributed by atoms with Gasteiger partial charge in [-0.2, -0.15) is 0 Å². The van der Waals surface area contributed by atoms with Crippen molar-refractivity contribution in [2.45, 2.75) is 26.4 Å². The zero-order chi connectivity index (χ0) is 19.5. The molecule has 3 heterocycles. The Labute approximate surface area is 172 Å². The molecule has 7 nitrogen and oxygen atoms in total. The minimum Gasteiger partial charge on any atom is -0.409 e. The second-order valence-electron chi connectivity index (χ2n) is 6.92. The summed E-state index contributed by atoms with van der Waals surface area (Å²) in [6, 6.07) is 7.98. The number of amides is 1. The van der Waals surface area contributed by atoms with Gasteiger partial charge < -0.3 is 9.73 Å². The summed E-state index contributed by atoms with van der Waals surface area (Å²) in [4.78, 5) is 19.2. The number of likely N-dealkylation sites (tertiary alicyclic amines) is 1. The van der Waals surface area contributed by atoms with Gasteiger partial charge in [-0.15, -0.1) is 16.4 Å². The second kappa shape index (κ2) is 8.34. The maximum atomic E-state index is 12.5. The Kier molecular flexibility index (Phi) is 5.65. The van der Waals surface area contributed by atoms with Crippen molar-refractivity contribution in [3.63, 3.8) is 0 Å². The third-order valence-electron chi connectivity index (χ3n) is 4.78. The molecule has 28 heavy (non-hydrogen) atoms. The molecule has 1 amide bonds. The molecular weight excluding hydrogens is 394 g/mol. The fourth-order valence-corrected chi connectivity index (χ4v) is 4.00. The molecule has 0 aliphatic carbocycles. The standard InChI is InChI=1S/C19H21N5O2S2/c1-13-4-6-14(7-5-13)17-22-24(19(27)26-17)12-23-9-2-3-15(11-23)16(25)21-18-20-8-10-28-18/h4-8,10,15H,2-3,9,11-12H2,1H3,(H,20,21,25)/t15-/m0/s1. The minimum atomic E-state index is -0.0738. The Bertz CT molecular complexity index is 994. The first-order chi connectivity index (χ1) is 13.6. The highest BCUT2D eigenvalue weighted by atomic mass is 32.1. The number of thiazole rings is 1. The zero-order valence-corrected chi connectivity index (χ0v) is 17.1. The summed E-state index contributed by atoms with van der Waals surface area (Å²) < 4.78 is 7.37. The number of nitrogens with one attached hydrogen (secondary N) is 1. The van der Waals surface area contributed by atoms with E-state index in [4.69, 9.17) is 16.6 Å². The number of piperidine rings is 1. The molecular formula is C19H21N5O2S2. The molecule has 0 spiro atoms. The smallest absolute Gasteiger partial charge is 0.288 e. The van der Waals surface area contributed by atoms with Gasteiger partial charge in [0, 0.05) is 23.7 Å². The van der Waals surface area contributed by atoms with Crippen molar-refractivity contribution in [2.75, 3.05) is 18.4 Å². The lowest BCUT2D eigenvalue weighted by molar-refractivity contribution is -0.121. The third-order valence-corrected chi connectivity index (χ3v) is 5.76. The molecule has 0 radical (unpaired) electrons. The number of carbonyl (C=O) groups excluding carboxylic acids is 1. The van der Waals surface area contributed by atoms with E-state index in [-0.39, 0.29) is 11.8 Å². The van der Waals surface area contributed by atoms with Crippen LogP contribution in [-0.4, -0.2) is 38.7 Å². The summed E-state index contributed by atoms with van der Waals surface area (Å²) >= 11 is 6.77. The number of carbonyl (C=O) groups is 1. The molecule has 1 atom stereocenters. The lowest BCUT2D eigenvalue weighted by Gasteiger charge is -2.31. The van der Waals surface area contributed by atoms with Crippen LogP contribution in [0.2, 0.25) is 0 Å². The Morgan fingerprint density at radius 1 is 1.39 bits per heavy atom. The molecule has 146 valence electrons. The molecule has 1 aliphatic heterocycles. The third kappa shape index (κ3) is 4.37. The van der Waals surface area contributed by atoms with Gasteiger partial charge in [-0.3, -0.25) is 9.69 Å². The van der Waals surface area contributed by atoms with Crippen LogP contribution >= 0.6 is 23.6 Å². The van der Waals surface area contributed by atoms with Gasteiger partial charge in [-0.05, 0) is 50.7 Å². The molecule has 0 unspecified atom stereocenters. The fraction of sp³-hybridized carbons (Fsp3) is 0.368. The largest absolute Gasteiger partial charge is 0.409 e. The molecule has 0 bridgehead atoms. The van der Waals surface area contributed by atoms with Crippen molar-refractivity contribution in [1.82, 2.24) is 19.7 Å². The van der Waals surface area contributed by atoms with Crippen LogP contribution in [0.25, 0.3) is 11.5 Å². The normalized spacial score (nSPS) is 17.5. The van der Waals surface area contributed by atoms with Crippen molar-refractivity contribution in [3.8, 4) is 11.5 Å². The summed E-state index contributed by atoms with van der Waals surface area (Å²) in [5, 5.41) is 9.92. The molecule has 1 N–H and O–H groups in total. The van der Waals surface area contributed by atoms with Crippen LogP contribution in [0.1, 0.15) is 18.4 Å². The second-order valence-corrected chi connectivity index (χ2v) is 8.17. The van der Waals surface area contributed by atoms with Crippen LogP contribution in [0.3, 0.4) is 0 Å². The fourth-order valence-electron chi connectivity index (χ4n) is 3.29. The summed E-state index contributed by atoms with van der Waals surface area (Å²) in [6.45, 7) is 4.10. The zero-order valence-electron chi connectivity index (χ0n) is 15.5. The van der Waals surface area contributed by atoms with Crippen molar-refractivity contribution in [3.05, 3.63) is 46.2 Å². The van der Waals surface area contributed by atoms with Gasteiger partial charge in [0.2, 0.25) is 11.8 Å².